The van der Waals surface area contributed by atoms with Gasteiger partial charge >= 0.3 is 8.56 Å². The molecule has 1 fully saturated rings. The summed E-state index contributed by atoms with van der Waals surface area (Å²) in [6.07, 6.45) is 6.06. The molecule has 1 aliphatic rings. The van der Waals surface area contributed by atoms with Crippen molar-refractivity contribution in [3.05, 3.63) is 0 Å². The van der Waals surface area contributed by atoms with Crippen molar-refractivity contribution >= 4 is 20.2 Å². The molecule has 0 aromatic carbocycles. The van der Waals surface area contributed by atoms with Crippen LogP contribution in [-0.4, -0.2) is 55.1 Å². The number of methoxy groups -OCH3 is 2. The van der Waals surface area contributed by atoms with Crippen LogP contribution in [0.4, 0.5) is 0 Å². The van der Waals surface area contributed by atoms with Crippen LogP contribution in [0.5, 0.6) is 0 Å². The fourth-order valence-corrected chi connectivity index (χ4v) is 8.20. The molecule has 0 spiro atoms. The molecular formula is C16H33ClO4Si. The van der Waals surface area contributed by atoms with Gasteiger partial charge in [-0.25, -0.2) is 0 Å². The lowest BCUT2D eigenvalue weighted by atomic mass is 9.90. The highest BCUT2D eigenvalue weighted by Gasteiger charge is 2.48. The van der Waals surface area contributed by atoms with E-state index in [0.29, 0.717) is 43.8 Å². The molecule has 2 unspecified atom stereocenters. The Morgan fingerprint density at radius 3 is 2.05 bits per heavy atom. The smallest absolute Gasteiger partial charge is 0.341 e. The molecule has 0 aromatic heterocycles. The summed E-state index contributed by atoms with van der Waals surface area (Å²) < 4.78 is 23.2. The van der Waals surface area contributed by atoms with Gasteiger partial charge in [0.25, 0.3) is 0 Å². The summed E-state index contributed by atoms with van der Waals surface area (Å²) in [5.41, 5.74) is 0.554. The monoisotopic (exact) mass is 352 g/mol. The summed E-state index contributed by atoms with van der Waals surface area (Å²) in [5, 5.41) is 0. The first-order valence-corrected chi connectivity index (χ1v) is 11.2. The Bertz CT molecular complexity index is 271. The number of alkyl halides is 1. The lowest BCUT2D eigenvalue weighted by molar-refractivity contribution is 0.0745. The van der Waals surface area contributed by atoms with Crippen LogP contribution in [0.25, 0.3) is 0 Å². The van der Waals surface area contributed by atoms with E-state index in [4.69, 9.17) is 29.9 Å². The summed E-state index contributed by atoms with van der Waals surface area (Å²) in [6, 6.07) is 0.971. The average molecular weight is 353 g/mol. The van der Waals surface area contributed by atoms with E-state index in [1.165, 1.54) is 25.7 Å². The minimum atomic E-state index is -2.30. The van der Waals surface area contributed by atoms with Gasteiger partial charge in [0, 0.05) is 25.6 Å². The second kappa shape index (κ2) is 11.8. The molecule has 132 valence electrons. The van der Waals surface area contributed by atoms with Gasteiger partial charge in [0.1, 0.15) is 0 Å². The van der Waals surface area contributed by atoms with Crippen LogP contribution in [-0.2, 0) is 18.3 Å². The molecule has 0 aliphatic heterocycles. The van der Waals surface area contributed by atoms with Gasteiger partial charge in [-0.3, -0.25) is 0 Å². The van der Waals surface area contributed by atoms with Crippen molar-refractivity contribution in [3.63, 3.8) is 0 Å². The zero-order chi connectivity index (χ0) is 16.3. The van der Waals surface area contributed by atoms with Crippen LogP contribution in [0, 0.1) is 5.92 Å². The Hall–Kier alpha value is 0.347. The second-order valence-electron chi connectivity index (χ2n) is 6.16. The highest BCUT2D eigenvalue weighted by atomic mass is 35.5. The maximum atomic E-state index is 6.41. The van der Waals surface area contributed by atoms with Crippen molar-refractivity contribution in [3.8, 4) is 0 Å². The number of hydrogen-bond donors (Lipinski definition) is 0. The van der Waals surface area contributed by atoms with Crippen molar-refractivity contribution in [2.24, 2.45) is 5.92 Å². The van der Waals surface area contributed by atoms with Crippen LogP contribution in [0.3, 0.4) is 0 Å². The number of ether oxygens (including phenoxy) is 2. The zero-order valence-corrected chi connectivity index (χ0v) is 16.2. The highest BCUT2D eigenvalue weighted by Crippen LogP contribution is 2.44. The van der Waals surface area contributed by atoms with Crippen LogP contribution in [0.2, 0.25) is 11.6 Å². The molecule has 6 heteroatoms. The van der Waals surface area contributed by atoms with Gasteiger partial charge in [-0.15, -0.1) is 11.6 Å². The minimum Gasteiger partial charge on any atom is -0.392 e. The molecule has 1 rings (SSSR count). The molecule has 0 radical (unpaired) electrons. The molecule has 0 heterocycles. The summed E-state index contributed by atoms with van der Waals surface area (Å²) in [5.74, 6) is 1.33. The predicted molar refractivity (Wildman–Crippen MR) is 92.9 cm³/mol. The van der Waals surface area contributed by atoms with Gasteiger partial charge in [-0.05, 0) is 24.8 Å². The third-order valence-corrected chi connectivity index (χ3v) is 9.29. The Kier molecular flexibility index (Phi) is 11.0. The molecule has 0 aromatic rings. The first-order valence-electron chi connectivity index (χ1n) is 8.52. The van der Waals surface area contributed by atoms with Gasteiger partial charge in [-0.2, -0.15) is 0 Å². The molecule has 0 amide bonds. The number of hydrogen-bond acceptors (Lipinski definition) is 4. The quantitative estimate of drug-likeness (QED) is 0.302. The van der Waals surface area contributed by atoms with Crippen LogP contribution >= 0.6 is 11.6 Å². The van der Waals surface area contributed by atoms with E-state index in [9.17, 15) is 0 Å². The largest absolute Gasteiger partial charge is 0.392 e. The van der Waals surface area contributed by atoms with E-state index in [1.54, 1.807) is 14.2 Å². The van der Waals surface area contributed by atoms with Crippen LogP contribution < -0.4 is 0 Å². The van der Waals surface area contributed by atoms with Crippen molar-refractivity contribution in [1.29, 1.82) is 0 Å². The Morgan fingerprint density at radius 1 is 0.955 bits per heavy atom. The summed E-state index contributed by atoms with van der Waals surface area (Å²) in [4.78, 5) is 0. The van der Waals surface area contributed by atoms with Crippen molar-refractivity contribution in [2.45, 2.75) is 50.6 Å². The fraction of sp³-hybridized carbons (Fsp3) is 1.00. The van der Waals surface area contributed by atoms with Gasteiger partial charge < -0.3 is 18.3 Å². The maximum Gasteiger partial charge on any atom is 0.341 e. The number of halogens is 1. The first kappa shape index (κ1) is 20.4. The molecule has 1 aliphatic carbocycles. The van der Waals surface area contributed by atoms with E-state index >= 15 is 0 Å². The summed E-state index contributed by atoms with van der Waals surface area (Å²) in [7, 11) is 1.12. The highest BCUT2D eigenvalue weighted by molar-refractivity contribution is 6.69. The van der Waals surface area contributed by atoms with E-state index in [2.05, 4.69) is 6.92 Å². The SMILES string of the molecule is COCCO[Si](CCCCl)(OCCOC)C1CCCCC1C. The van der Waals surface area contributed by atoms with Crippen molar-refractivity contribution < 1.29 is 18.3 Å². The van der Waals surface area contributed by atoms with Gasteiger partial charge in [0.05, 0.1) is 26.4 Å². The minimum absolute atomic E-state index is 0.554. The molecule has 0 saturated heterocycles. The van der Waals surface area contributed by atoms with E-state index in [0.717, 1.165) is 12.5 Å². The lowest BCUT2D eigenvalue weighted by Gasteiger charge is -2.42. The van der Waals surface area contributed by atoms with Gasteiger partial charge in [-0.1, -0.05) is 26.2 Å². The van der Waals surface area contributed by atoms with Gasteiger partial charge in [0.2, 0.25) is 0 Å². The average Bonchev–Trinajstić information content (AvgIpc) is 2.53. The van der Waals surface area contributed by atoms with Crippen molar-refractivity contribution in [2.75, 3.05) is 46.5 Å². The Balaban J connectivity index is 2.83. The molecule has 0 bridgehead atoms. The molecule has 0 N–H and O–H groups in total. The molecule has 4 nitrogen and oxygen atoms in total. The topological polar surface area (TPSA) is 36.9 Å². The third-order valence-electron chi connectivity index (χ3n) is 4.60. The van der Waals surface area contributed by atoms with E-state index < -0.39 is 8.56 Å². The first-order chi connectivity index (χ1) is 10.7. The molecular weight excluding hydrogens is 320 g/mol. The van der Waals surface area contributed by atoms with Crippen LogP contribution in [0.15, 0.2) is 0 Å². The third kappa shape index (κ3) is 6.46. The number of rotatable bonds is 12. The zero-order valence-electron chi connectivity index (χ0n) is 14.4. The van der Waals surface area contributed by atoms with Gasteiger partial charge in [0.15, 0.2) is 0 Å². The predicted octanol–water partition coefficient (Wildman–Crippen LogP) is 3.96. The molecule has 1 saturated carbocycles. The standard InChI is InChI=1S/C16H33ClO4Si/c1-15-7-4-5-8-16(15)22(14-6-9-17,20-12-10-18-2)21-13-11-19-3/h15-16H,4-14H2,1-3H3. The summed E-state index contributed by atoms with van der Waals surface area (Å²) in [6.45, 7) is 4.81. The normalized spacial score (nSPS) is 22.9. The molecule has 2 atom stereocenters. The van der Waals surface area contributed by atoms with E-state index in [-0.39, 0.29) is 0 Å². The Labute approximate surface area is 142 Å². The maximum absolute atomic E-state index is 6.41. The van der Waals surface area contributed by atoms with Crippen molar-refractivity contribution in [1.82, 2.24) is 0 Å². The Morgan fingerprint density at radius 2 is 1.55 bits per heavy atom. The summed E-state index contributed by atoms with van der Waals surface area (Å²) >= 11 is 5.97. The van der Waals surface area contributed by atoms with Crippen LogP contribution in [0.1, 0.15) is 39.0 Å². The molecule has 22 heavy (non-hydrogen) atoms. The lowest BCUT2D eigenvalue weighted by Crippen LogP contribution is -2.51. The second-order valence-corrected chi connectivity index (χ2v) is 9.98. The van der Waals surface area contributed by atoms with E-state index in [1.807, 2.05) is 0 Å². The fourth-order valence-electron chi connectivity index (χ4n) is 3.46.